The standard InChI is InChI=1S/C23H28F2O/c1-3-16-9-11-17(12-10-16)19-7-5-6-8-20(19)18-13-22(24)21(15-26-4-2)23(25)14-18/h5-8,13-14,16-17H,3-4,9-12,15H2,1-2H3/t16-,17-. The SMILES string of the molecule is CCOCc1c(F)cc(-c2ccccc2[C@H]2CC[C@H](CC)CC2)cc1F. The zero-order valence-corrected chi connectivity index (χ0v) is 15.7. The summed E-state index contributed by atoms with van der Waals surface area (Å²) in [7, 11) is 0. The van der Waals surface area contributed by atoms with Crippen LogP contribution in [-0.4, -0.2) is 6.61 Å². The van der Waals surface area contributed by atoms with Gasteiger partial charge in [-0.1, -0.05) is 37.6 Å². The molecule has 26 heavy (non-hydrogen) atoms. The highest BCUT2D eigenvalue weighted by Crippen LogP contribution is 2.41. The molecule has 0 aliphatic heterocycles. The summed E-state index contributed by atoms with van der Waals surface area (Å²) in [5.41, 5.74) is 2.80. The van der Waals surface area contributed by atoms with E-state index in [-0.39, 0.29) is 12.2 Å². The Bertz CT molecular complexity index is 710. The van der Waals surface area contributed by atoms with Crippen molar-refractivity contribution >= 4 is 0 Å². The Morgan fingerprint density at radius 3 is 2.23 bits per heavy atom. The van der Waals surface area contributed by atoms with E-state index in [4.69, 9.17) is 4.74 Å². The van der Waals surface area contributed by atoms with Crippen molar-refractivity contribution in [2.45, 2.75) is 58.5 Å². The number of rotatable bonds is 6. The molecule has 1 nitrogen and oxygen atoms in total. The first-order chi connectivity index (χ1) is 12.6. The van der Waals surface area contributed by atoms with E-state index in [1.807, 2.05) is 25.1 Å². The summed E-state index contributed by atoms with van der Waals surface area (Å²) in [6.07, 6.45) is 6.04. The fourth-order valence-corrected chi connectivity index (χ4v) is 4.10. The summed E-state index contributed by atoms with van der Waals surface area (Å²) in [5, 5.41) is 0. The molecule has 140 valence electrons. The fraction of sp³-hybridized carbons (Fsp3) is 0.478. The quantitative estimate of drug-likeness (QED) is 0.548. The van der Waals surface area contributed by atoms with E-state index in [9.17, 15) is 8.78 Å². The molecule has 0 amide bonds. The van der Waals surface area contributed by atoms with E-state index in [2.05, 4.69) is 13.0 Å². The average Bonchev–Trinajstić information content (AvgIpc) is 2.67. The Labute approximate surface area is 155 Å². The topological polar surface area (TPSA) is 9.23 Å². The summed E-state index contributed by atoms with van der Waals surface area (Å²) in [4.78, 5) is 0. The minimum Gasteiger partial charge on any atom is -0.377 e. The van der Waals surface area contributed by atoms with Crippen molar-refractivity contribution in [3.63, 3.8) is 0 Å². The van der Waals surface area contributed by atoms with Gasteiger partial charge < -0.3 is 4.74 Å². The van der Waals surface area contributed by atoms with Gasteiger partial charge in [-0.25, -0.2) is 8.78 Å². The number of hydrogen-bond donors (Lipinski definition) is 0. The van der Waals surface area contributed by atoms with E-state index < -0.39 is 11.6 Å². The lowest BCUT2D eigenvalue weighted by Gasteiger charge is -2.29. The number of benzene rings is 2. The molecule has 0 bridgehead atoms. The lowest BCUT2D eigenvalue weighted by atomic mass is 9.76. The molecule has 1 saturated carbocycles. The van der Waals surface area contributed by atoms with Gasteiger partial charge in [-0.15, -0.1) is 0 Å². The zero-order valence-electron chi connectivity index (χ0n) is 15.7. The molecular weight excluding hydrogens is 330 g/mol. The molecule has 1 aliphatic rings. The van der Waals surface area contributed by atoms with Gasteiger partial charge in [0, 0.05) is 12.2 Å². The van der Waals surface area contributed by atoms with Crippen molar-refractivity contribution < 1.29 is 13.5 Å². The maximum atomic E-state index is 14.5. The smallest absolute Gasteiger partial charge is 0.132 e. The molecule has 0 radical (unpaired) electrons. The molecule has 3 rings (SSSR count). The van der Waals surface area contributed by atoms with Crippen LogP contribution in [0.15, 0.2) is 36.4 Å². The molecule has 0 aromatic heterocycles. The lowest BCUT2D eigenvalue weighted by Crippen LogP contribution is -2.13. The molecule has 0 N–H and O–H groups in total. The van der Waals surface area contributed by atoms with Crippen LogP contribution in [0.25, 0.3) is 11.1 Å². The van der Waals surface area contributed by atoms with E-state index >= 15 is 0 Å². The van der Waals surface area contributed by atoms with E-state index in [1.54, 1.807) is 0 Å². The lowest BCUT2D eigenvalue weighted by molar-refractivity contribution is 0.128. The molecule has 3 heteroatoms. The third kappa shape index (κ3) is 4.15. The molecule has 0 unspecified atom stereocenters. The van der Waals surface area contributed by atoms with E-state index in [0.717, 1.165) is 24.3 Å². The van der Waals surface area contributed by atoms with Crippen LogP contribution in [0, 0.1) is 17.6 Å². The van der Waals surface area contributed by atoms with Gasteiger partial charge in [0.2, 0.25) is 0 Å². The summed E-state index contributed by atoms with van der Waals surface area (Å²) >= 11 is 0. The van der Waals surface area contributed by atoms with Crippen molar-refractivity contribution in [3.8, 4) is 11.1 Å². The van der Waals surface area contributed by atoms with Gasteiger partial charge in [0.05, 0.1) is 6.61 Å². The van der Waals surface area contributed by atoms with Crippen LogP contribution in [0.4, 0.5) is 8.78 Å². The van der Waals surface area contributed by atoms with Crippen molar-refractivity contribution in [2.24, 2.45) is 5.92 Å². The van der Waals surface area contributed by atoms with Gasteiger partial charge >= 0.3 is 0 Å². The fourth-order valence-electron chi connectivity index (χ4n) is 4.10. The summed E-state index contributed by atoms with van der Waals surface area (Å²) in [5.74, 6) is 0.241. The van der Waals surface area contributed by atoms with Crippen molar-refractivity contribution in [1.29, 1.82) is 0 Å². The molecule has 0 saturated heterocycles. The second-order valence-corrected chi connectivity index (χ2v) is 7.27. The maximum Gasteiger partial charge on any atom is 0.132 e. The monoisotopic (exact) mass is 358 g/mol. The molecule has 0 spiro atoms. The molecule has 2 aromatic carbocycles. The van der Waals surface area contributed by atoms with Gasteiger partial charge in [-0.2, -0.15) is 0 Å². The van der Waals surface area contributed by atoms with Crippen LogP contribution < -0.4 is 0 Å². The minimum atomic E-state index is -0.530. The van der Waals surface area contributed by atoms with Crippen LogP contribution >= 0.6 is 0 Å². The van der Waals surface area contributed by atoms with Gasteiger partial charge in [-0.3, -0.25) is 0 Å². The average molecular weight is 358 g/mol. The van der Waals surface area contributed by atoms with Crippen LogP contribution in [-0.2, 0) is 11.3 Å². The third-order valence-electron chi connectivity index (χ3n) is 5.73. The van der Waals surface area contributed by atoms with Crippen molar-refractivity contribution in [2.75, 3.05) is 6.61 Å². The summed E-state index contributed by atoms with van der Waals surface area (Å²) in [6, 6.07) is 11.0. The van der Waals surface area contributed by atoms with Gasteiger partial charge in [-0.05, 0) is 73.3 Å². The Morgan fingerprint density at radius 2 is 1.62 bits per heavy atom. The Hall–Kier alpha value is -1.74. The minimum absolute atomic E-state index is 0.0107. The first-order valence-corrected chi connectivity index (χ1v) is 9.79. The first kappa shape index (κ1) is 19.0. The Kier molecular flexibility index (Phi) is 6.42. The predicted octanol–water partition coefficient (Wildman–Crippen LogP) is 6.85. The van der Waals surface area contributed by atoms with E-state index in [0.29, 0.717) is 18.1 Å². The Balaban J connectivity index is 1.91. The second-order valence-electron chi connectivity index (χ2n) is 7.27. The third-order valence-corrected chi connectivity index (χ3v) is 5.73. The van der Waals surface area contributed by atoms with Gasteiger partial charge in [0.1, 0.15) is 11.6 Å². The second kappa shape index (κ2) is 8.77. The first-order valence-electron chi connectivity index (χ1n) is 9.79. The number of halogens is 2. The van der Waals surface area contributed by atoms with E-state index in [1.165, 1.54) is 37.0 Å². The van der Waals surface area contributed by atoms with Crippen LogP contribution in [0.3, 0.4) is 0 Å². The molecule has 0 heterocycles. The molecular formula is C23H28F2O. The largest absolute Gasteiger partial charge is 0.377 e. The normalized spacial score (nSPS) is 20.3. The number of ether oxygens (including phenoxy) is 1. The summed E-state index contributed by atoms with van der Waals surface area (Å²) < 4.78 is 34.1. The Morgan fingerprint density at radius 1 is 0.962 bits per heavy atom. The van der Waals surface area contributed by atoms with Crippen LogP contribution in [0.5, 0.6) is 0 Å². The molecule has 2 aromatic rings. The van der Waals surface area contributed by atoms with Gasteiger partial charge in [0.15, 0.2) is 0 Å². The van der Waals surface area contributed by atoms with Crippen molar-refractivity contribution in [1.82, 2.24) is 0 Å². The highest BCUT2D eigenvalue weighted by Gasteiger charge is 2.24. The molecule has 1 aliphatic carbocycles. The number of hydrogen-bond acceptors (Lipinski definition) is 1. The zero-order chi connectivity index (χ0) is 18.5. The summed E-state index contributed by atoms with van der Waals surface area (Å²) in [6.45, 7) is 4.48. The predicted molar refractivity (Wildman–Crippen MR) is 102 cm³/mol. The molecule has 0 atom stereocenters. The maximum absolute atomic E-state index is 14.5. The van der Waals surface area contributed by atoms with Gasteiger partial charge in [0.25, 0.3) is 0 Å². The highest BCUT2D eigenvalue weighted by molar-refractivity contribution is 5.68. The van der Waals surface area contributed by atoms with Crippen LogP contribution in [0.1, 0.15) is 63.0 Å². The highest BCUT2D eigenvalue weighted by atomic mass is 19.1. The van der Waals surface area contributed by atoms with Crippen LogP contribution in [0.2, 0.25) is 0 Å². The van der Waals surface area contributed by atoms with Crippen molar-refractivity contribution in [3.05, 3.63) is 59.2 Å². The molecule has 1 fully saturated rings.